The van der Waals surface area contributed by atoms with E-state index in [9.17, 15) is 0 Å². The first kappa shape index (κ1) is 17.1. The normalized spacial score (nSPS) is 12.0. The molecule has 1 unspecified atom stereocenters. The summed E-state index contributed by atoms with van der Waals surface area (Å²) >= 11 is 0. The molecule has 0 spiro atoms. The summed E-state index contributed by atoms with van der Waals surface area (Å²) in [6.07, 6.45) is 1.99. The minimum absolute atomic E-state index is 0.155. The van der Waals surface area contributed by atoms with Crippen LogP contribution in [0.25, 0.3) is 0 Å². The molecule has 1 aromatic carbocycles. The van der Waals surface area contributed by atoms with Crippen molar-refractivity contribution >= 4 is 0 Å². The molecule has 0 saturated heterocycles. The van der Waals surface area contributed by atoms with Crippen LogP contribution in [-0.2, 0) is 13.1 Å². The summed E-state index contributed by atoms with van der Waals surface area (Å²) in [6.45, 7) is 5.72. The lowest BCUT2D eigenvalue weighted by molar-refractivity contribution is 0.323. The highest BCUT2D eigenvalue weighted by Gasteiger charge is 2.14. The van der Waals surface area contributed by atoms with Gasteiger partial charge in [-0.05, 0) is 37.6 Å². The summed E-state index contributed by atoms with van der Waals surface area (Å²) in [5, 5.41) is 7.99. The van der Waals surface area contributed by atoms with E-state index in [1.807, 2.05) is 29.1 Å². The smallest absolute Gasteiger partial charge is 0.203 e. The number of nitrogens with one attached hydrogen (secondary N) is 1. The number of aryl methyl sites for hydroxylation is 1. The van der Waals surface area contributed by atoms with E-state index in [0.717, 1.165) is 17.8 Å². The molecular formula is C17H25N3O3. The average Bonchev–Trinajstić information content (AvgIpc) is 3.07. The van der Waals surface area contributed by atoms with Crippen LogP contribution in [0.3, 0.4) is 0 Å². The summed E-state index contributed by atoms with van der Waals surface area (Å²) in [5.74, 6) is 1.92. The molecule has 1 aromatic heterocycles. The number of methoxy groups -OCH3 is 3. The van der Waals surface area contributed by atoms with Gasteiger partial charge in [0, 0.05) is 25.3 Å². The molecule has 0 fully saturated rings. The highest BCUT2D eigenvalue weighted by molar-refractivity contribution is 5.53. The van der Waals surface area contributed by atoms with Crippen LogP contribution in [0.15, 0.2) is 24.4 Å². The first-order chi connectivity index (χ1) is 11.1. The van der Waals surface area contributed by atoms with E-state index in [1.54, 1.807) is 21.3 Å². The zero-order valence-electron chi connectivity index (χ0n) is 14.4. The number of hydrogen-bond donors (Lipinski definition) is 1. The van der Waals surface area contributed by atoms with Crippen molar-refractivity contribution in [3.8, 4) is 17.2 Å². The minimum atomic E-state index is 0.155. The molecule has 1 N–H and O–H groups in total. The number of rotatable bonds is 8. The fourth-order valence-corrected chi connectivity index (χ4v) is 2.40. The Hall–Kier alpha value is -2.21. The van der Waals surface area contributed by atoms with Gasteiger partial charge in [-0.1, -0.05) is 0 Å². The van der Waals surface area contributed by atoms with Gasteiger partial charge in [0.2, 0.25) is 5.75 Å². The van der Waals surface area contributed by atoms with Gasteiger partial charge in [0.15, 0.2) is 11.5 Å². The molecule has 0 aliphatic carbocycles. The van der Waals surface area contributed by atoms with Crippen molar-refractivity contribution in [2.24, 2.45) is 0 Å². The van der Waals surface area contributed by atoms with Crippen LogP contribution < -0.4 is 19.5 Å². The highest BCUT2D eigenvalue weighted by atomic mass is 16.5. The SMILES string of the molecule is CCn1ccc(C(C)NCc2cc(OC)c(OC)c(OC)c2)n1. The molecule has 0 aliphatic heterocycles. The molecule has 6 heteroatoms. The van der Waals surface area contributed by atoms with Gasteiger partial charge in [0.25, 0.3) is 0 Å². The Morgan fingerprint density at radius 1 is 1.13 bits per heavy atom. The van der Waals surface area contributed by atoms with E-state index in [-0.39, 0.29) is 6.04 Å². The van der Waals surface area contributed by atoms with Crippen LogP contribution in [-0.4, -0.2) is 31.1 Å². The van der Waals surface area contributed by atoms with E-state index < -0.39 is 0 Å². The Bertz CT molecular complexity index is 615. The molecule has 1 atom stereocenters. The monoisotopic (exact) mass is 319 g/mol. The van der Waals surface area contributed by atoms with Gasteiger partial charge in [-0.15, -0.1) is 0 Å². The number of aromatic nitrogens is 2. The van der Waals surface area contributed by atoms with Gasteiger partial charge in [0.1, 0.15) is 0 Å². The summed E-state index contributed by atoms with van der Waals surface area (Å²) in [4.78, 5) is 0. The lowest BCUT2D eigenvalue weighted by Crippen LogP contribution is -2.19. The summed E-state index contributed by atoms with van der Waals surface area (Å²) in [7, 11) is 4.84. The Balaban J connectivity index is 2.10. The molecule has 1 heterocycles. The lowest BCUT2D eigenvalue weighted by Gasteiger charge is -2.16. The topological polar surface area (TPSA) is 57.5 Å². The van der Waals surface area contributed by atoms with Crippen molar-refractivity contribution < 1.29 is 14.2 Å². The van der Waals surface area contributed by atoms with E-state index in [1.165, 1.54) is 0 Å². The molecule has 2 rings (SSSR count). The van der Waals surface area contributed by atoms with Crippen molar-refractivity contribution in [2.75, 3.05) is 21.3 Å². The molecule has 0 aliphatic rings. The molecule has 0 radical (unpaired) electrons. The summed E-state index contributed by atoms with van der Waals surface area (Å²) in [6, 6.07) is 6.09. The third-order valence-electron chi connectivity index (χ3n) is 3.77. The molecule has 126 valence electrons. The molecule has 0 bridgehead atoms. The Morgan fingerprint density at radius 2 is 1.78 bits per heavy atom. The minimum Gasteiger partial charge on any atom is -0.493 e. The Kier molecular flexibility index (Phi) is 5.87. The first-order valence-corrected chi connectivity index (χ1v) is 7.68. The van der Waals surface area contributed by atoms with Crippen LogP contribution in [0.5, 0.6) is 17.2 Å². The van der Waals surface area contributed by atoms with Gasteiger partial charge in [-0.2, -0.15) is 5.10 Å². The average molecular weight is 319 g/mol. The Labute approximate surface area is 137 Å². The second-order valence-electron chi connectivity index (χ2n) is 5.23. The third kappa shape index (κ3) is 3.96. The molecule has 23 heavy (non-hydrogen) atoms. The van der Waals surface area contributed by atoms with Crippen molar-refractivity contribution in [1.29, 1.82) is 0 Å². The molecule has 0 saturated carbocycles. The van der Waals surface area contributed by atoms with E-state index in [0.29, 0.717) is 23.8 Å². The Morgan fingerprint density at radius 3 is 2.26 bits per heavy atom. The van der Waals surface area contributed by atoms with Gasteiger partial charge in [0.05, 0.1) is 27.0 Å². The number of benzene rings is 1. The van der Waals surface area contributed by atoms with Gasteiger partial charge >= 0.3 is 0 Å². The lowest BCUT2D eigenvalue weighted by atomic mass is 10.1. The predicted molar refractivity (Wildman–Crippen MR) is 89.3 cm³/mol. The maximum atomic E-state index is 5.38. The van der Waals surface area contributed by atoms with E-state index in [2.05, 4.69) is 24.3 Å². The van der Waals surface area contributed by atoms with Crippen LogP contribution >= 0.6 is 0 Å². The molecular weight excluding hydrogens is 294 g/mol. The van der Waals surface area contributed by atoms with Crippen molar-refractivity contribution in [1.82, 2.24) is 15.1 Å². The van der Waals surface area contributed by atoms with Crippen LogP contribution in [0.1, 0.15) is 31.1 Å². The second-order valence-corrected chi connectivity index (χ2v) is 5.23. The van der Waals surface area contributed by atoms with E-state index in [4.69, 9.17) is 14.2 Å². The summed E-state index contributed by atoms with van der Waals surface area (Å²) < 4.78 is 18.0. The van der Waals surface area contributed by atoms with Gasteiger partial charge in [-0.3, -0.25) is 4.68 Å². The fourth-order valence-electron chi connectivity index (χ4n) is 2.40. The zero-order valence-corrected chi connectivity index (χ0v) is 14.4. The molecule has 0 amide bonds. The van der Waals surface area contributed by atoms with Gasteiger partial charge < -0.3 is 19.5 Å². The quantitative estimate of drug-likeness (QED) is 0.811. The molecule has 6 nitrogen and oxygen atoms in total. The van der Waals surface area contributed by atoms with Crippen molar-refractivity contribution in [3.63, 3.8) is 0 Å². The second kappa shape index (κ2) is 7.87. The van der Waals surface area contributed by atoms with Crippen molar-refractivity contribution in [3.05, 3.63) is 35.7 Å². The van der Waals surface area contributed by atoms with E-state index >= 15 is 0 Å². The van der Waals surface area contributed by atoms with Gasteiger partial charge in [-0.25, -0.2) is 0 Å². The third-order valence-corrected chi connectivity index (χ3v) is 3.77. The summed E-state index contributed by atoms with van der Waals surface area (Å²) in [5.41, 5.74) is 2.08. The highest BCUT2D eigenvalue weighted by Crippen LogP contribution is 2.38. The van der Waals surface area contributed by atoms with Crippen LogP contribution in [0.4, 0.5) is 0 Å². The predicted octanol–water partition coefficient (Wildman–Crippen LogP) is 2.78. The number of hydrogen-bond acceptors (Lipinski definition) is 5. The molecule has 2 aromatic rings. The zero-order chi connectivity index (χ0) is 16.8. The number of ether oxygens (including phenoxy) is 3. The van der Waals surface area contributed by atoms with Crippen molar-refractivity contribution in [2.45, 2.75) is 33.0 Å². The maximum absolute atomic E-state index is 5.38. The maximum Gasteiger partial charge on any atom is 0.203 e. The number of nitrogens with zero attached hydrogens (tertiary/aromatic N) is 2. The fraction of sp³-hybridized carbons (Fsp3) is 0.471. The van der Waals surface area contributed by atoms with Crippen LogP contribution in [0, 0.1) is 0 Å². The first-order valence-electron chi connectivity index (χ1n) is 7.68. The standard InChI is InChI=1S/C17H25N3O3/c1-6-20-8-7-14(19-20)12(2)18-11-13-9-15(21-3)17(23-5)16(10-13)22-4/h7-10,12,18H,6,11H2,1-5H3. The van der Waals surface area contributed by atoms with Crippen LogP contribution in [0.2, 0.25) is 0 Å². The largest absolute Gasteiger partial charge is 0.493 e.